The Morgan fingerprint density at radius 2 is 1.57 bits per heavy atom. The number of hydrogen-bond donors (Lipinski definition) is 2. The molecule has 0 bridgehead atoms. The van der Waals surface area contributed by atoms with Gasteiger partial charge in [-0.1, -0.05) is 30.3 Å². The van der Waals surface area contributed by atoms with E-state index in [1.807, 2.05) is 42.5 Å². The number of amides is 2. The fourth-order valence-electron chi connectivity index (χ4n) is 1.95. The Kier molecular flexibility index (Phi) is 6.17. The van der Waals surface area contributed by atoms with Crippen molar-refractivity contribution in [1.29, 1.82) is 0 Å². The molecule has 2 aromatic carbocycles. The quantitative estimate of drug-likeness (QED) is 0.770. The fraction of sp³-hybridized carbons (Fsp3) is 0.222. The smallest absolute Gasteiger partial charge is 0.251 e. The van der Waals surface area contributed by atoms with Gasteiger partial charge in [0, 0.05) is 25.6 Å². The zero-order valence-corrected chi connectivity index (χ0v) is 13.0. The molecule has 5 heteroatoms. The van der Waals surface area contributed by atoms with Gasteiger partial charge in [-0.05, 0) is 29.8 Å². The lowest BCUT2D eigenvalue weighted by molar-refractivity contribution is -0.118. The predicted molar refractivity (Wildman–Crippen MR) is 88.2 cm³/mol. The van der Waals surface area contributed by atoms with E-state index in [0.717, 1.165) is 11.3 Å². The van der Waals surface area contributed by atoms with Crippen molar-refractivity contribution in [3.8, 4) is 5.75 Å². The van der Waals surface area contributed by atoms with E-state index in [9.17, 15) is 9.59 Å². The van der Waals surface area contributed by atoms with Gasteiger partial charge >= 0.3 is 0 Å². The van der Waals surface area contributed by atoms with Crippen LogP contribution in [0.2, 0.25) is 0 Å². The summed E-state index contributed by atoms with van der Waals surface area (Å²) in [5, 5.41) is 5.37. The molecule has 0 heterocycles. The van der Waals surface area contributed by atoms with Crippen molar-refractivity contribution in [3.63, 3.8) is 0 Å². The van der Waals surface area contributed by atoms with Crippen molar-refractivity contribution in [2.24, 2.45) is 0 Å². The third-order valence-electron chi connectivity index (χ3n) is 3.15. The summed E-state index contributed by atoms with van der Waals surface area (Å²) < 4.78 is 5.65. The maximum atomic E-state index is 11.9. The molecule has 23 heavy (non-hydrogen) atoms. The summed E-state index contributed by atoms with van der Waals surface area (Å²) in [5.74, 6) is 0.542. The second-order valence-electron chi connectivity index (χ2n) is 5.04. The van der Waals surface area contributed by atoms with Crippen LogP contribution in [0.3, 0.4) is 0 Å². The average molecular weight is 312 g/mol. The largest absolute Gasteiger partial charge is 0.489 e. The molecular weight excluding hydrogens is 292 g/mol. The van der Waals surface area contributed by atoms with Gasteiger partial charge in [0.2, 0.25) is 5.91 Å². The minimum Gasteiger partial charge on any atom is -0.489 e. The Bertz CT molecular complexity index is 639. The van der Waals surface area contributed by atoms with Crippen LogP contribution in [0, 0.1) is 0 Å². The lowest BCUT2D eigenvalue weighted by atomic mass is 10.1. The van der Waals surface area contributed by atoms with E-state index >= 15 is 0 Å². The zero-order valence-electron chi connectivity index (χ0n) is 13.0. The third-order valence-corrected chi connectivity index (χ3v) is 3.15. The lowest BCUT2D eigenvalue weighted by Gasteiger charge is -2.08. The molecule has 120 valence electrons. The van der Waals surface area contributed by atoms with E-state index < -0.39 is 0 Å². The molecule has 2 amide bonds. The summed E-state index contributed by atoms with van der Waals surface area (Å²) in [6, 6.07) is 16.8. The van der Waals surface area contributed by atoms with Crippen LogP contribution in [-0.4, -0.2) is 24.9 Å². The van der Waals surface area contributed by atoms with Crippen molar-refractivity contribution in [1.82, 2.24) is 10.6 Å². The minimum atomic E-state index is -0.161. The average Bonchev–Trinajstić information content (AvgIpc) is 2.58. The second kappa shape index (κ2) is 8.58. The summed E-state index contributed by atoms with van der Waals surface area (Å²) >= 11 is 0. The van der Waals surface area contributed by atoms with Gasteiger partial charge in [0.1, 0.15) is 12.4 Å². The number of carbonyl (C=O) groups excluding carboxylic acids is 2. The topological polar surface area (TPSA) is 67.4 Å². The summed E-state index contributed by atoms with van der Waals surface area (Å²) in [6.07, 6.45) is 0. The highest BCUT2D eigenvalue weighted by Gasteiger charge is 2.05. The molecule has 0 spiro atoms. The molecule has 2 N–H and O–H groups in total. The molecular formula is C18H20N2O3. The molecule has 0 saturated heterocycles. The molecule has 0 aliphatic heterocycles. The first-order valence-electron chi connectivity index (χ1n) is 7.44. The van der Waals surface area contributed by atoms with Gasteiger partial charge in [0.05, 0.1) is 0 Å². The Hall–Kier alpha value is -2.82. The Labute approximate surface area is 135 Å². The van der Waals surface area contributed by atoms with E-state index in [1.54, 1.807) is 12.1 Å². The molecule has 0 aliphatic carbocycles. The monoisotopic (exact) mass is 312 g/mol. The molecule has 0 saturated carbocycles. The van der Waals surface area contributed by atoms with Crippen molar-refractivity contribution < 1.29 is 14.3 Å². The van der Waals surface area contributed by atoms with Crippen LogP contribution in [0.15, 0.2) is 54.6 Å². The normalized spacial score (nSPS) is 9.96. The van der Waals surface area contributed by atoms with Crippen LogP contribution >= 0.6 is 0 Å². The molecule has 2 aromatic rings. The van der Waals surface area contributed by atoms with Crippen LogP contribution < -0.4 is 15.4 Å². The van der Waals surface area contributed by atoms with Gasteiger partial charge in [-0.25, -0.2) is 0 Å². The van der Waals surface area contributed by atoms with Gasteiger partial charge in [-0.2, -0.15) is 0 Å². The maximum absolute atomic E-state index is 11.9. The summed E-state index contributed by atoms with van der Waals surface area (Å²) in [5.41, 5.74) is 1.57. The van der Waals surface area contributed by atoms with Crippen LogP contribution in [0.25, 0.3) is 0 Å². The van der Waals surface area contributed by atoms with Crippen molar-refractivity contribution >= 4 is 11.8 Å². The molecule has 0 atom stereocenters. The standard InChI is InChI=1S/C18H20N2O3/c1-14(21)19-11-12-20-18(22)16-9-7-15(8-10-16)13-23-17-5-3-2-4-6-17/h2-10H,11-13H2,1H3,(H,19,21)(H,20,22). The van der Waals surface area contributed by atoms with E-state index in [1.165, 1.54) is 6.92 Å². The molecule has 0 radical (unpaired) electrons. The zero-order chi connectivity index (χ0) is 16.5. The van der Waals surface area contributed by atoms with Crippen LogP contribution in [0.5, 0.6) is 5.75 Å². The van der Waals surface area contributed by atoms with Gasteiger partial charge in [0.25, 0.3) is 5.91 Å². The lowest BCUT2D eigenvalue weighted by Crippen LogP contribution is -2.33. The first-order chi connectivity index (χ1) is 11.1. The van der Waals surface area contributed by atoms with Crippen LogP contribution in [-0.2, 0) is 11.4 Å². The molecule has 0 aromatic heterocycles. The Balaban J connectivity index is 1.79. The highest BCUT2D eigenvalue weighted by Crippen LogP contribution is 2.12. The van der Waals surface area contributed by atoms with Crippen molar-refractivity contribution in [2.45, 2.75) is 13.5 Å². The molecule has 0 unspecified atom stereocenters. The fourth-order valence-corrected chi connectivity index (χ4v) is 1.95. The molecule has 5 nitrogen and oxygen atoms in total. The summed E-state index contributed by atoms with van der Waals surface area (Å²) in [7, 11) is 0. The van der Waals surface area contributed by atoms with Crippen LogP contribution in [0.4, 0.5) is 0 Å². The van der Waals surface area contributed by atoms with E-state index in [4.69, 9.17) is 4.74 Å². The number of carbonyl (C=O) groups is 2. The maximum Gasteiger partial charge on any atom is 0.251 e. The number of rotatable bonds is 7. The number of hydrogen-bond acceptors (Lipinski definition) is 3. The Morgan fingerprint density at radius 1 is 0.913 bits per heavy atom. The van der Waals surface area contributed by atoms with Crippen molar-refractivity contribution in [3.05, 3.63) is 65.7 Å². The van der Waals surface area contributed by atoms with E-state index in [-0.39, 0.29) is 11.8 Å². The van der Waals surface area contributed by atoms with Gasteiger partial charge in [-0.3, -0.25) is 9.59 Å². The predicted octanol–water partition coefficient (Wildman–Crippen LogP) is 2.13. The minimum absolute atomic E-state index is 0.109. The Morgan fingerprint density at radius 3 is 2.22 bits per heavy atom. The number of para-hydroxylation sites is 1. The first kappa shape index (κ1) is 16.5. The molecule has 2 rings (SSSR count). The van der Waals surface area contributed by atoms with Gasteiger partial charge in [-0.15, -0.1) is 0 Å². The van der Waals surface area contributed by atoms with Gasteiger partial charge in [0.15, 0.2) is 0 Å². The van der Waals surface area contributed by atoms with Crippen LogP contribution in [0.1, 0.15) is 22.8 Å². The van der Waals surface area contributed by atoms with E-state index in [0.29, 0.717) is 25.3 Å². The molecule has 0 fully saturated rings. The first-order valence-corrected chi connectivity index (χ1v) is 7.44. The SMILES string of the molecule is CC(=O)NCCNC(=O)c1ccc(COc2ccccc2)cc1. The van der Waals surface area contributed by atoms with Gasteiger partial charge < -0.3 is 15.4 Å². The highest BCUT2D eigenvalue weighted by molar-refractivity contribution is 5.94. The number of ether oxygens (including phenoxy) is 1. The third kappa shape index (κ3) is 5.82. The second-order valence-corrected chi connectivity index (χ2v) is 5.04. The number of nitrogens with one attached hydrogen (secondary N) is 2. The summed E-state index contributed by atoms with van der Waals surface area (Å²) in [4.78, 5) is 22.6. The summed E-state index contributed by atoms with van der Waals surface area (Å²) in [6.45, 7) is 2.72. The molecule has 0 aliphatic rings. The number of benzene rings is 2. The van der Waals surface area contributed by atoms with E-state index in [2.05, 4.69) is 10.6 Å². The van der Waals surface area contributed by atoms with Crippen molar-refractivity contribution in [2.75, 3.05) is 13.1 Å². The highest BCUT2D eigenvalue weighted by atomic mass is 16.5.